The molecule has 1 atom stereocenters. The number of ether oxygens (including phenoxy) is 2. The second-order valence-corrected chi connectivity index (χ2v) is 21.7. The first-order chi connectivity index (χ1) is 33.4. The summed E-state index contributed by atoms with van der Waals surface area (Å²) in [5.74, 6) is -1.20. The Morgan fingerprint density at radius 1 is 1.01 bits per heavy atom. The number of sulfonamides is 1. The predicted octanol–water partition coefficient (Wildman–Crippen LogP) is 8.27. The van der Waals surface area contributed by atoms with Gasteiger partial charge >= 0.3 is 11.8 Å². The van der Waals surface area contributed by atoms with Crippen LogP contribution in [0.3, 0.4) is 0 Å². The summed E-state index contributed by atoms with van der Waals surface area (Å²) in [7, 11) is -3.29. The Balaban J connectivity index is 0.909. The molecule has 2 amide bonds. The molecule has 2 aliphatic heterocycles. The molecule has 372 valence electrons. The van der Waals surface area contributed by atoms with Crippen LogP contribution in [-0.2, 0) is 14.8 Å². The van der Waals surface area contributed by atoms with Crippen LogP contribution in [0.5, 0.6) is 11.5 Å². The number of methoxy groups -OCH3 is 1. The third kappa shape index (κ3) is 10.1. The number of anilines is 2. The Morgan fingerprint density at radius 2 is 1.76 bits per heavy atom. The number of aromatic amines is 1. The standard InChI is InChI=1S/C50H60FN9O9S/c1-31(2)37-7-5-6-8-38(37)43-30-58(48(62)68-4)19-20-59(43)34-24-50(25-34)15-17-57(18-16-50)33-9-10-39(44(21-33)69-35-22-40-41(51)29-55-45(40)53-27-35)47(61)56-70(66,67)36-23-42(60(64)65)46(54-28-36)52-26-32-11-13-49(3,63)14-12-32/h5-10,21-23,27-29,31-32,34,43,63H,11-20,24-26,30H2,1-4H3,(H,52,54)(H,53,55)(H,56,61)/t32?,43-,49?/m0/s1. The summed E-state index contributed by atoms with van der Waals surface area (Å²) in [6.07, 6.45) is 9.66. The molecule has 18 nitrogen and oxygen atoms in total. The average molecular weight is 982 g/mol. The van der Waals surface area contributed by atoms with E-state index >= 15 is 0 Å². The number of piperidine rings is 1. The van der Waals surface area contributed by atoms with E-state index in [1.54, 1.807) is 24.0 Å². The number of carbonyl (C=O) groups is 2. The highest BCUT2D eigenvalue weighted by Crippen LogP contribution is 2.53. The Bertz CT molecular complexity index is 2890. The minimum Gasteiger partial charge on any atom is -0.455 e. The van der Waals surface area contributed by atoms with Gasteiger partial charge in [0.2, 0.25) is 5.82 Å². The molecule has 2 aromatic carbocycles. The second-order valence-electron chi connectivity index (χ2n) is 20.0. The molecular weight excluding hydrogens is 922 g/mol. The number of hydrogen-bond donors (Lipinski definition) is 4. The fourth-order valence-corrected chi connectivity index (χ4v) is 11.9. The number of piperazine rings is 1. The summed E-state index contributed by atoms with van der Waals surface area (Å²) in [6, 6.07) is 16.0. The summed E-state index contributed by atoms with van der Waals surface area (Å²) in [5, 5.41) is 25.6. The minimum atomic E-state index is -4.71. The van der Waals surface area contributed by atoms with E-state index < -0.39 is 42.9 Å². The number of nitro groups is 1. The van der Waals surface area contributed by atoms with Gasteiger partial charge in [-0.05, 0) is 105 Å². The van der Waals surface area contributed by atoms with Gasteiger partial charge in [-0.25, -0.2) is 32.3 Å². The van der Waals surface area contributed by atoms with Crippen molar-refractivity contribution in [3.63, 3.8) is 0 Å². The Hall–Kier alpha value is -6.38. The third-order valence-electron chi connectivity index (χ3n) is 15.0. The van der Waals surface area contributed by atoms with Crippen LogP contribution >= 0.6 is 0 Å². The molecule has 2 aliphatic carbocycles. The molecule has 5 heterocycles. The quantitative estimate of drug-likeness (QED) is 0.0644. The number of fused-ring (bicyclic) bond motifs is 1. The zero-order valence-corrected chi connectivity index (χ0v) is 40.6. The molecule has 2 saturated heterocycles. The van der Waals surface area contributed by atoms with Crippen molar-refractivity contribution < 1.29 is 41.9 Å². The third-order valence-corrected chi connectivity index (χ3v) is 16.3. The second kappa shape index (κ2) is 19.4. The molecule has 0 bridgehead atoms. The van der Waals surface area contributed by atoms with Crippen molar-refractivity contribution in [1.82, 2.24) is 29.5 Å². The van der Waals surface area contributed by atoms with E-state index in [2.05, 4.69) is 68.2 Å². The summed E-state index contributed by atoms with van der Waals surface area (Å²) in [6.45, 7) is 9.84. The fraction of sp³-hybridized carbons (Fsp3) is 0.480. The van der Waals surface area contributed by atoms with Crippen LogP contribution in [0.25, 0.3) is 11.0 Å². The van der Waals surface area contributed by atoms with Crippen LogP contribution in [0.4, 0.5) is 26.4 Å². The Morgan fingerprint density at radius 3 is 2.47 bits per heavy atom. The molecule has 70 heavy (non-hydrogen) atoms. The molecule has 2 saturated carbocycles. The zero-order chi connectivity index (χ0) is 49.5. The largest absolute Gasteiger partial charge is 0.455 e. The van der Waals surface area contributed by atoms with Crippen LogP contribution in [0.1, 0.15) is 106 Å². The number of aliphatic hydroxyl groups is 1. The summed E-state index contributed by atoms with van der Waals surface area (Å²) in [5.41, 5.74) is 2.18. The highest BCUT2D eigenvalue weighted by Gasteiger charge is 2.50. The van der Waals surface area contributed by atoms with E-state index in [0.29, 0.717) is 70.4 Å². The number of rotatable bonds is 13. The SMILES string of the molecule is COC(=O)N1CCN(C2CC3(CCN(c4ccc(C(=O)NS(=O)(=O)c5cnc(NCC6CCC(C)(O)CC6)c([N+](=O)[O-])c5)c(Oc5cnc6[nH]cc(F)c6c5)c4)CC3)C2)[C@H](c2ccccc2C(C)C)C1. The van der Waals surface area contributed by atoms with E-state index in [1.165, 1.54) is 42.8 Å². The van der Waals surface area contributed by atoms with Gasteiger partial charge in [-0.15, -0.1) is 0 Å². The number of nitrogens with zero attached hydrogens (tertiary/aromatic N) is 6. The zero-order valence-electron chi connectivity index (χ0n) is 39.8. The first kappa shape index (κ1) is 48.6. The summed E-state index contributed by atoms with van der Waals surface area (Å²) < 4.78 is 55.6. The molecule has 0 radical (unpaired) electrons. The van der Waals surface area contributed by atoms with Crippen LogP contribution in [0, 0.1) is 27.3 Å². The van der Waals surface area contributed by atoms with Gasteiger partial charge < -0.3 is 34.7 Å². The lowest BCUT2D eigenvalue weighted by Crippen LogP contribution is -2.60. The van der Waals surface area contributed by atoms with E-state index in [4.69, 9.17) is 9.47 Å². The van der Waals surface area contributed by atoms with Crippen LogP contribution < -0.4 is 19.7 Å². The highest BCUT2D eigenvalue weighted by molar-refractivity contribution is 7.90. The predicted molar refractivity (Wildman–Crippen MR) is 260 cm³/mol. The van der Waals surface area contributed by atoms with E-state index in [-0.39, 0.29) is 57.4 Å². The van der Waals surface area contributed by atoms with Crippen molar-refractivity contribution >= 4 is 50.2 Å². The fourth-order valence-electron chi connectivity index (χ4n) is 10.9. The van der Waals surface area contributed by atoms with Gasteiger partial charge in [0.15, 0.2) is 0 Å². The molecule has 5 aromatic rings. The smallest absolute Gasteiger partial charge is 0.409 e. The topological polar surface area (TPSA) is 225 Å². The van der Waals surface area contributed by atoms with Gasteiger partial charge in [0.05, 0.1) is 47.0 Å². The van der Waals surface area contributed by atoms with Gasteiger partial charge in [0.25, 0.3) is 15.9 Å². The van der Waals surface area contributed by atoms with Crippen LogP contribution in [-0.4, -0.2) is 113 Å². The number of amides is 2. The molecule has 1 spiro atoms. The number of halogens is 1. The number of pyridine rings is 2. The van der Waals surface area contributed by atoms with Gasteiger partial charge in [-0.2, -0.15) is 0 Å². The maximum absolute atomic E-state index is 14.7. The molecule has 0 unspecified atom stereocenters. The highest BCUT2D eigenvalue weighted by atomic mass is 32.2. The summed E-state index contributed by atoms with van der Waals surface area (Å²) in [4.78, 5) is 55.2. The van der Waals surface area contributed by atoms with E-state index in [1.807, 2.05) is 4.72 Å². The van der Waals surface area contributed by atoms with E-state index in [0.717, 1.165) is 50.2 Å². The molecule has 4 fully saturated rings. The number of hydrogen-bond acceptors (Lipinski definition) is 14. The van der Waals surface area contributed by atoms with Crippen molar-refractivity contribution in [2.24, 2.45) is 11.3 Å². The number of H-pyrrole nitrogens is 1. The normalized spacial score (nSPS) is 21.9. The molecular formula is C50H60FN9O9S. The van der Waals surface area contributed by atoms with E-state index in [9.17, 15) is 37.6 Å². The maximum Gasteiger partial charge on any atom is 0.409 e. The Kier molecular flexibility index (Phi) is 13.5. The molecule has 3 aromatic heterocycles. The lowest BCUT2D eigenvalue weighted by molar-refractivity contribution is -0.384. The monoisotopic (exact) mass is 981 g/mol. The van der Waals surface area contributed by atoms with Crippen molar-refractivity contribution in [2.45, 2.75) is 101 Å². The minimum absolute atomic E-state index is 0.0158. The first-order valence-electron chi connectivity index (χ1n) is 24.0. The Labute approximate surface area is 406 Å². The number of nitrogens with one attached hydrogen (secondary N) is 3. The van der Waals surface area contributed by atoms with Crippen LogP contribution in [0.15, 0.2) is 78.1 Å². The lowest BCUT2D eigenvalue weighted by Gasteiger charge is -2.58. The molecule has 4 aliphatic rings. The maximum atomic E-state index is 14.7. The van der Waals surface area contributed by atoms with Gasteiger partial charge in [0, 0.05) is 69.3 Å². The van der Waals surface area contributed by atoms with Crippen molar-refractivity contribution in [2.75, 3.05) is 56.6 Å². The average Bonchev–Trinajstić information content (AvgIpc) is 3.71. The van der Waals surface area contributed by atoms with Crippen molar-refractivity contribution in [3.05, 3.63) is 106 Å². The van der Waals surface area contributed by atoms with Crippen molar-refractivity contribution in [3.8, 4) is 11.5 Å². The van der Waals surface area contributed by atoms with Gasteiger partial charge in [0.1, 0.15) is 27.9 Å². The van der Waals surface area contributed by atoms with Gasteiger partial charge in [-0.3, -0.25) is 19.8 Å². The number of aromatic nitrogens is 3. The van der Waals surface area contributed by atoms with Gasteiger partial charge in [-0.1, -0.05) is 38.1 Å². The molecule has 20 heteroatoms. The number of carbonyl (C=O) groups excluding carboxylic acids is 2. The lowest BCUT2D eigenvalue weighted by atomic mass is 9.59. The number of benzene rings is 2. The molecule has 4 N–H and O–H groups in total. The van der Waals surface area contributed by atoms with Crippen molar-refractivity contribution in [1.29, 1.82) is 0 Å². The molecule has 9 rings (SSSR count). The van der Waals surface area contributed by atoms with Crippen LogP contribution in [0.2, 0.25) is 0 Å². The summed E-state index contributed by atoms with van der Waals surface area (Å²) >= 11 is 0. The first-order valence-corrected chi connectivity index (χ1v) is 25.4.